The van der Waals surface area contributed by atoms with Gasteiger partial charge in [0.25, 0.3) is 5.91 Å². The minimum atomic E-state index is -0.823. The SMILES string of the molecule is NC1CC2CCC(C1)N2C(=O)c1c(F)cc(Br)cc1F. The Morgan fingerprint density at radius 2 is 1.70 bits per heavy atom. The molecule has 0 aromatic heterocycles. The summed E-state index contributed by atoms with van der Waals surface area (Å²) in [6, 6.07) is 2.34. The molecule has 3 nitrogen and oxygen atoms in total. The Kier molecular flexibility index (Phi) is 3.54. The van der Waals surface area contributed by atoms with E-state index in [4.69, 9.17) is 5.73 Å². The number of amides is 1. The maximum absolute atomic E-state index is 13.9. The number of rotatable bonds is 1. The molecule has 2 aliphatic rings. The Morgan fingerprint density at radius 1 is 1.20 bits per heavy atom. The van der Waals surface area contributed by atoms with E-state index in [1.54, 1.807) is 4.90 Å². The second-order valence-electron chi connectivity index (χ2n) is 5.57. The van der Waals surface area contributed by atoms with Crippen molar-refractivity contribution in [2.75, 3.05) is 0 Å². The van der Waals surface area contributed by atoms with E-state index < -0.39 is 23.1 Å². The van der Waals surface area contributed by atoms with E-state index in [0.717, 1.165) is 25.0 Å². The minimum absolute atomic E-state index is 0.0127. The lowest BCUT2D eigenvalue weighted by atomic mass is 9.97. The first-order chi connectivity index (χ1) is 9.47. The van der Waals surface area contributed by atoms with Gasteiger partial charge in [-0.05, 0) is 37.8 Å². The molecule has 2 atom stereocenters. The first-order valence-electron chi connectivity index (χ1n) is 6.70. The van der Waals surface area contributed by atoms with Crippen LogP contribution in [0, 0.1) is 11.6 Å². The Labute approximate surface area is 124 Å². The van der Waals surface area contributed by atoms with Crippen molar-refractivity contribution in [1.82, 2.24) is 4.90 Å². The summed E-state index contributed by atoms with van der Waals surface area (Å²) in [7, 11) is 0. The number of nitrogens with two attached hydrogens (primary N) is 1. The zero-order chi connectivity index (χ0) is 14.4. The predicted octanol–water partition coefficient (Wildman–Crippen LogP) is 2.82. The van der Waals surface area contributed by atoms with Crippen molar-refractivity contribution in [2.24, 2.45) is 5.73 Å². The third-order valence-corrected chi connectivity index (χ3v) is 4.68. The third-order valence-electron chi connectivity index (χ3n) is 4.22. The lowest BCUT2D eigenvalue weighted by molar-refractivity contribution is 0.0565. The van der Waals surface area contributed by atoms with Gasteiger partial charge in [0.05, 0.1) is 0 Å². The molecule has 1 aromatic carbocycles. The topological polar surface area (TPSA) is 46.3 Å². The smallest absolute Gasteiger partial charge is 0.260 e. The molecule has 20 heavy (non-hydrogen) atoms. The highest BCUT2D eigenvalue weighted by Gasteiger charge is 2.43. The fourth-order valence-electron chi connectivity index (χ4n) is 3.43. The molecule has 2 unspecified atom stereocenters. The molecule has 3 rings (SSSR count). The highest BCUT2D eigenvalue weighted by Crippen LogP contribution is 2.37. The lowest BCUT2D eigenvalue weighted by Crippen LogP contribution is -2.50. The number of hydrogen-bond donors (Lipinski definition) is 1. The summed E-state index contributed by atoms with van der Waals surface area (Å²) in [4.78, 5) is 14.1. The number of hydrogen-bond acceptors (Lipinski definition) is 2. The first-order valence-corrected chi connectivity index (χ1v) is 7.49. The molecule has 2 heterocycles. The summed E-state index contributed by atoms with van der Waals surface area (Å²) in [5, 5.41) is 0. The van der Waals surface area contributed by atoms with Crippen LogP contribution >= 0.6 is 15.9 Å². The van der Waals surface area contributed by atoms with Gasteiger partial charge in [-0.1, -0.05) is 15.9 Å². The fourth-order valence-corrected chi connectivity index (χ4v) is 3.83. The summed E-state index contributed by atoms with van der Waals surface area (Å²) < 4.78 is 28.1. The average Bonchev–Trinajstić information content (AvgIpc) is 2.60. The molecule has 0 saturated carbocycles. The van der Waals surface area contributed by atoms with E-state index in [0.29, 0.717) is 12.8 Å². The van der Waals surface area contributed by atoms with Crippen LogP contribution in [0.15, 0.2) is 16.6 Å². The summed E-state index contributed by atoms with van der Waals surface area (Å²) in [5.74, 6) is -2.20. The van der Waals surface area contributed by atoms with Gasteiger partial charge in [0.1, 0.15) is 17.2 Å². The Hall–Kier alpha value is -1.01. The summed E-state index contributed by atoms with van der Waals surface area (Å²) in [6.07, 6.45) is 3.15. The van der Waals surface area contributed by atoms with Crippen LogP contribution in [0.3, 0.4) is 0 Å². The van der Waals surface area contributed by atoms with Gasteiger partial charge in [-0.3, -0.25) is 4.79 Å². The van der Waals surface area contributed by atoms with Gasteiger partial charge in [0.2, 0.25) is 0 Å². The summed E-state index contributed by atoms with van der Waals surface area (Å²) in [5.41, 5.74) is 5.49. The number of fused-ring (bicyclic) bond motifs is 2. The van der Waals surface area contributed by atoms with Gasteiger partial charge < -0.3 is 10.6 Å². The van der Waals surface area contributed by atoms with E-state index in [9.17, 15) is 13.6 Å². The highest BCUT2D eigenvalue weighted by atomic mass is 79.9. The van der Waals surface area contributed by atoms with Crippen LogP contribution in [-0.2, 0) is 0 Å². The van der Waals surface area contributed by atoms with Crippen molar-refractivity contribution in [1.29, 1.82) is 0 Å². The summed E-state index contributed by atoms with van der Waals surface area (Å²) in [6.45, 7) is 0. The fraction of sp³-hybridized carbons (Fsp3) is 0.500. The molecule has 2 N–H and O–H groups in total. The van der Waals surface area contributed by atoms with Crippen LogP contribution < -0.4 is 5.73 Å². The quantitative estimate of drug-likeness (QED) is 0.851. The van der Waals surface area contributed by atoms with Gasteiger partial charge >= 0.3 is 0 Å². The van der Waals surface area contributed by atoms with Crippen molar-refractivity contribution >= 4 is 21.8 Å². The molecule has 1 amide bonds. The molecule has 2 aliphatic heterocycles. The zero-order valence-electron chi connectivity index (χ0n) is 10.8. The maximum atomic E-state index is 13.9. The Bertz CT molecular complexity index is 529. The van der Waals surface area contributed by atoms with Crippen molar-refractivity contribution in [3.63, 3.8) is 0 Å². The number of carbonyl (C=O) groups is 1. The van der Waals surface area contributed by atoms with Crippen LogP contribution in [0.25, 0.3) is 0 Å². The molecule has 2 bridgehead atoms. The van der Waals surface area contributed by atoms with Crippen LogP contribution in [0.5, 0.6) is 0 Å². The van der Waals surface area contributed by atoms with Crippen molar-refractivity contribution in [3.05, 3.63) is 33.8 Å². The van der Waals surface area contributed by atoms with E-state index in [1.165, 1.54) is 0 Å². The van der Waals surface area contributed by atoms with Gasteiger partial charge in [0.15, 0.2) is 0 Å². The number of benzene rings is 1. The molecule has 2 saturated heterocycles. The van der Waals surface area contributed by atoms with Crippen molar-refractivity contribution in [2.45, 2.75) is 43.8 Å². The number of halogens is 3. The molecular weight excluding hydrogens is 330 g/mol. The summed E-state index contributed by atoms with van der Waals surface area (Å²) >= 11 is 3.01. The van der Waals surface area contributed by atoms with E-state index in [1.807, 2.05) is 0 Å². The molecule has 6 heteroatoms. The number of piperidine rings is 1. The molecule has 2 fully saturated rings. The molecule has 108 valence electrons. The van der Waals surface area contributed by atoms with E-state index in [2.05, 4.69) is 15.9 Å². The Balaban J connectivity index is 1.94. The standard InChI is InChI=1S/C14H15BrF2N2O/c15-7-3-11(16)13(12(17)4-7)14(20)19-9-1-2-10(19)6-8(18)5-9/h3-4,8-10H,1-2,5-6,18H2. The Morgan fingerprint density at radius 3 is 2.20 bits per heavy atom. The molecule has 0 aliphatic carbocycles. The second kappa shape index (κ2) is 5.07. The second-order valence-corrected chi connectivity index (χ2v) is 6.49. The maximum Gasteiger partial charge on any atom is 0.260 e. The largest absolute Gasteiger partial charge is 0.332 e. The normalized spacial score (nSPS) is 28.8. The molecular formula is C14H15BrF2N2O. The van der Waals surface area contributed by atoms with E-state index in [-0.39, 0.29) is 22.6 Å². The minimum Gasteiger partial charge on any atom is -0.332 e. The van der Waals surface area contributed by atoms with Crippen LogP contribution in [0.4, 0.5) is 8.78 Å². The first kappa shape index (κ1) is 13.9. The van der Waals surface area contributed by atoms with Crippen molar-refractivity contribution < 1.29 is 13.6 Å². The van der Waals surface area contributed by atoms with E-state index >= 15 is 0 Å². The molecule has 1 aromatic rings. The van der Waals surface area contributed by atoms with Gasteiger partial charge in [-0.25, -0.2) is 8.78 Å². The van der Waals surface area contributed by atoms with Crippen LogP contribution in [0.1, 0.15) is 36.0 Å². The lowest BCUT2D eigenvalue weighted by Gasteiger charge is -2.37. The molecule has 0 spiro atoms. The van der Waals surface area contributed by atoms with Crippen molar-refractivity contribution in [3.8, 4) is 0 Å². The van der Waals surface area contributed by atoms with Gasteiger partial charge in [-0.2, -0.15) is 0 Å². The predicted molar refractivity (Wildman–Crippen MR) is 74.2 cm³/mol. The van der Waals surface area contributed by atoms with Crippen LogP contribution in [0.2, 0.25) is 0 Å². The van der Waals surface area contributed by atoms with Gasteiger partial charge in [0, 0.05) is 22.6 Å². The third kappa shape index (κ3) is 2.24. The zero-order valence-corrected chi connectivity index (χ0v) is 12.4. The average molecular weight is 345 g/mol. The molecule has 0 radical (unpaired) electrons. The highest BCUT2D eigenvalue weighted by molar-refractivity contribution is 9.10. The number of nitrogens with zero attached hydrogens (tertiary/aromatic N) is 1. The van der Waals surface area contributed by atoms with Crippen LogP contribution in [-0.4, -0.2) is 28.9 Å². The monoisotopic (exact) mass is 344 g/mol. The number of carbonyl (C=O) groups excluding carboxylic acids is 1. The van der Waals surface area contributed by atoms with Gasteiger partial charge in [-0.15, -0.1) is 0 Å².